The fourth-order valence-corrected chi connectivity index (χ4v) is 5.93. The third kappa shape index (κ3) is 7.34. The van der Waals surface area contributed by atoms with Crippen LogP contribution in [0.25, 0.3) is 32.8 Å². The Kier molecular flexibility index (Phi) is 12.3. The maximum atomic E-state index is 12.2. The Hall–Kier alpha value is -3.21. The van der Waals surface area contributed by atoms with Crippen molar-refractivity contribution in [2.75, 3.05) is 19.0 Å². The molecule has 46 heavy (non-hydrogen) atoms. The maximum absolute atomic E-state index is 12.2. The molecule has 0 bridgehead atoms. The summed E-state index contributed by atoms with van der Waals surface area (Å²) in [6.07, 6.45) is 7.68. The Balaban J connectivity index is 0.000000280. The minimum absolute atomic E-state index is 0. The van der Waals surface area contributed by atoms with Crippen molar-refractivity contribution in [2.45, 2.75) is 87.5 Å². The maximum Gasteiger partial charge on any atom is 0.164 e. The smallest absolute Gasteiger partial charge is 0.164 e. The number of carbonyl (C=O) groups is 1. The number of aliphatic hydroxyl groups excluding tert-OH is 1. The molecular formula is C40H51IrN2O3-. The van der Waals surface area contributed by atoms with Crippen molar-refractivity contribution in [1.29, 1.82) is 0 Å². The molecule has 1 radical (unpaired) electrons. The molecule has 249 valence electrons. The van der Waals surface area contributed by atoms with E-state index in [2.05, 4.69) is 81.4 Å². The molecule has 0 unspecified atom stereocenters. The number of carbonyl (C=O) groups excluding carboxylic acids is 1. The number of hydrogen-bond donors (Lipinski definition) is 1. The minimum atomic E-state index is -0.337. The van der Waals surface area contributed by atoms with Gasteiger partial charge < -0.3 is 14.7 Å². The predicted molar refractivity (Wildman–Crippen MR) is 190 cm³/mol. The van der Waals surface area contributed by atoms with Gasteiger partial charge in [-0.2, -0.15) is 0 Å². The van der Waals surface area contributed by atoms with E-state index in [9.17, 15) is 9.90 Å². The first-order valence-electron chi connectivity index (χ1n) is 16.5. The summed E-state index contributed by atoms with van der Waals surface area (Å²) >= 11 is 0. The first-order chi connectivity index (χ1) is 21.3. The van der Waals surface area contributed by atoms with Crippen LogP contribution in [0, 0.1) is 22.8 Å². The van der Waals surface area contributed by atoms with Crippen LogP contribution in [0.2, 0.25) is 0 Å². The van der Waals surface area contributed by atoms with Gasteiger partial charge in [0.15, 0.2) is 5.78 Å². The molecule has 6 heteroatoms. The number of aliphatic hydroxyl groups is 1. The molecule has 0 atom stereocenters. The molecule has 1 N–H and O–H groups in total. The minimum Gasteiger partial charge on any atom is -0.512 e. The molecule has 0 saturated heterocycles. The summed E-state index contributed by atoms with van der Waals surface area (Å²) in [5.74, 6) is 2.62. The summed E-state index contributed by atoms with van der Waals surface area (Å²) in [5, 5.41) is 14.6. The van der Waals surface area contributed by atoms with Gasteiger partial charge in [-0.15, -0.1) is 17.5 Å². The van der Waals surface area contributed by atoms with Gasteiger partial charge in [0.2, 0.25) is 0 Å². The van der Waals surface area contributed by atoms with E-state index < -0.39 is 0 Å². The standard InChI is InChI=1S/C25H23N2O.C15H28O2.Ir/c1-15(2)11-16-12-18-9-10-26-23-20-14-17-7-5-6-8-19(17)24(27(3)4)25(20)28-21(13-16)22(18)23;1-7-14(5,8-2)12(16)11-13(17)15(6,9-3)10-4;/h5-10,12-13,15H,11H2,1-4H3;11,16H,7-10H2,1-6H3;/q-1;;/b;12-11-;. The number of anilines is 1. The third-order valence-corrected chi connectivity index (χ3v) is 9.91. The van der Waals surface area contributed by atoms with Gasteiger partial charge in [0.1, 0.15) is 11.5 Å². The number of aromatic nitrogens is 1. The number of ether oxygens (including phenoxy) is 1. The van der Waals surface area contributed by atoms with Crippen molar-refractivity contribution >= 4 is 33.0 Å². The van der Waals surface area contributed by atoms with Gasteiger partial charge in [0.05, 0.1) is 5.75 Å². The molecule has 0 amide bonds. The van der Waals surface area contributed by atoms with Gasteiger partial charge in [-0.25, -0.2) is 0 Å². The fraction of sp³-hybridized carbons (Fsp3) is 0.450. The first kappa shape index (κ1) is 37.2. The number of hydrogen-bond acceptors (Lipinski definition) is 5. The van der Waals surface area contributed by atoms with E-state index in [1.165, 1.54) is 17.0 Å². The van der Waals surface area contributed by atoms with Crippen molar-refractivity contribution in [3.8, 4) is 22.8 Å². The number of benzene rings is 3. The van der Waals surface area contributed by atoms with E-state index in [1.807, 2.05) is 47.7 Å². The summed E-state index contributed by atoms with van der Waals surface area (Å²) < 4.78 is 6.56. The second kappa shape index (κ2) is 15.1. The van der Waals surface area contributed by atoms with Crippen LogP contribution in [-0.4, -0.2) is 30.0 Å². The largest absolute Gasteiger partial charge is 0.512 e. The molecule has 4 aromatic rings. The normalized spacial score (nSPS) is 12.6. The van der Waals surface area contributed by atoms with E-state index >= 15 is 0 Å². The Morgan fingerprint density at radius 2 is 1.63 bits per heavy atom. The molecular weight excluding hydrogens is 749 g/mol. The molecule has 1 aliphatic heterocycles. The number of nitrogens with zero attached hydrogens (tertiary/aromatic N) is 2. The molecule has 5 nitrogen and oxygen atoms in total. The monoisotopic (exact) mass is 800 g/mol. The van der Waals surface area contributed by atoms with E-state index in [1.54, 1.807) is 0 Å². The van der Waals surface area contributed by atoms with Crippen molar-refractivity contribution < 1.29 is 34.7 Å². The summed E-state index contributed by atoms with van der Waals surface area (Å²) in [5.41, 5.74) is 3.67. The SMILES string of the molecule is CC(C)Cc1cc2c3c(nccc3c1)-c1[c-]c3ccccc3c(N(C)C)c1O2.CCC(C)(CC)C(=O)/C=C(\O)C(C)(CC)CC.[Ir]. The summed E-state index contributed by atoms with van der Waals surface area (Å²) in [7, 11) is 4.12. The third-order valence-electron chi connectivity index (χ3n) is 9.91. The molecule has 0 fully saturated rings. The second-order valence-electron chi connectivity index (χ2n) is 13.6. The Labute approximate surface area is 289 Å². The average Bonchev–Trinajstić information content (AvgIpc) is 3.02. The van der Waals surface area contributed by atoms with Crippen molar-refractivity contribution in [3.05, 3.63) is 72.1 Å². The first-order valence-corrected chi connectivity index (χ1v) is 16.5. The number of rotatable bonds is 10. The van der Waals surface area contributed by atoms with Crippen molar-refractivity contribution in [1.82, 2.24) is 4.98 Å². The van der Waals surface area contributed by atoms with E-state index in [-0.39, 0.29) is 42.5 Å². The number of pyridine rings is 1. The Bertz CT molecular complexity index is 1720. The topological polar surface area (TPSA) is 62.7 Å². The van der Waals surface area contributed by atoms with E-state index in [0.29, 0.717) is 5.92 Å². The van der Waals surface area contributed by atoms with Crippen LogP contribution in [-0.2, 0) is 31.3 Å². The van der Waals surface area contributed by atoms with Gasteiger partial charge in [-0.05, 0) is 61.1 Å². The van der Waals surface area contributed by atoms with Gasteiger partial charge in [-0.1, -0.05) is 90.6 Å². The molecule has 1 aromatic heterocycles. The second-order valence-corrected chi connectivity index (χ2v) is 13.6. The molecule has 3 aromatic carbocycles. The van der Waals surface area contributed by atoms with Crippen molar-refractivity contribution in [3.63, 3.8) is 0 Å². The van der Waals surface area contributed by atoms with Crippen LogP contribution in [0.5, 0.6) is 11.5 Å². The quantitative estimate of drug-likeness (QED) is 0.0866. The molecule has 0 aliphatic carbocycles. The number of allylic oxidation sites excluding steroid dienone is 2. The zero-order valence-electron chi connectivity index (χ0n) is 29.3. The Morgan fingerprint density at radius 1 is 1.00 bits per heavy atom. The number of ketones is 1. The van der Waals surface area contributed by atoms with Crippen LogP contribution in [0.3, 0.4) is 0 Å². The average molecular weight is 800 g/mol. The van der Waals surface area contributed by atoms with Crippen molar-refractivity contribution in [2.24, 2.45) is 16.7 Å². The summed E-state index contributed by atoms with van der Waals surface area (Å²) in [6.45, 7) is 16.6. The summed E-state index contributed by atoms with van der Waals surface area (Å²) in [4.78, 5) is 19.0. The van der Waals surface area contributed by atoms with E-state index in [0.717, 1.165) is 76.7 Å². The molecule has 2 heterocycles. The van der Waals surface area contributed by atoms with Gasteiger partial charge in [0.25, 0.3) is 0 Å². The number of fused-ring (bicyclic) bond motifs is 3. The molecule has 0 saturated carbocycles. The van der Waals surface area contributed by atoms with Gasteiger partial charge >= 0.3 is 0 Å². The van der Waals surface area contributed by atoms with Crippen LogP contribution >= 0.6 is 0 Å². The molecule has 5 rings (SSSR count). The van der Waals surface area contributed by atoms with Crippen LogP contribution in [0.4, 0.5) is 5.69 Å². The summed E-state index contributed by atoms with van der Waals surface area (Å²) in [6, 6.07) is 18.5. The van der Waals surface area contributed by atoms with Crippen LogP contribution in [0.15, 0.2) is 60.5 Å². The zero-order valence-corrected chi connectivity index (χ0v) is 31.7. The molecule has 0 spiro atoms. The van der Waals surface area contributed by atoms with Gasteiger partial charge in [-0.3, -0.25) is 9.78 Å². The predicted octanol–water partition coefficient (Wildman–Crippen LogP) is 10.9. The fourth-order valence-electron chi connectivity index (χ4n) is 5.93. The van der Waals surface area contributed by atoms with Gasteiger partial charge in [0, 0.05) is 74.1 Å². The van der Waals surface area contributed by atoms with Crippen LogP contribution in [0.1, 0.15) is 86.6 Å². The van der Waals surface area contributed by atoms with Crippen LogP contribution < -0.4 is 9.64 Å². The molecule has 1 aliphatic rings. The Morgan fingerprint density at radius 3 is 2.22 bits per heavy atom. The van der Waals surface area contributed by atoms with E-state index in [4.69, 9.17) is 9.72 Å². The zero-order chi connectivity index (χ0) is 33.1.